The number of nitrogens with one attached hydrogen (secondary N) is 3. The van der Waals surface area contributed by atoms with E-state index in [0.717, 1.165) is 150 Å². The summed E-state index contributed by atoms with van der Waals surface area (Å²) in [5.41, 5.74) is 5.37. The van der Waals surface area contributed by atoms with Crippen molar-refractivity contribution in [2.45, 2.75) is 189 Å². The van der Waals surface area contributed by atoms with Crippen molar-refractivity contribution in [3.05, 3.63) is 71.7 Å². The molecule has 6 aromatic heterocycles. The van der Waals surface area contributed by atoms with Crippen molar-refractivity contribution in [1.29, 1.82) is 0 Å². The molecule has 3 N–H and O–H groups in total. The van der Waals surface area contributed by atoms with Crippen LogP contribution in [0, 0.1) is 51.8 Å². The maximum absolute atomic E-state index is 13.3. The zero-order valence-corrected chi connectivity index (χ0v) is 54.2. The van der Waals surface area contributed by atoms with Crippen molar-refractivity contribution in [1.82, 2.24) is 58.5 Å². The molecule has 9 saturated carbocycles. The van der Waals surface area contributed by atoms with Gasteiger partial charge >= 0.3 is 0 Å². The van der Waals surface area contributed by atoms with Crippen molar-refractivity contribution in [3.8, 4) is 0 Å². The van der Waals surface area contributed by atoms with E-state index in [1.54, 1.807) is 25.3 Å². The number of hydrogen-bond acceptors (Lipinski definition) is 12. The lowest BCUT2D eigenvalue weighted by Crippen LogP contribution is -2.60. The van der Waals surface area contributed by atoms with Gasteiger partial charge in [0, 0.05) is 117 Å². The molecule has 29 heteroatoms. The van der Waals surface area contributed by atoms with E-state index >= 15 is 0 Å². The van der Waals surface area contributed by atoms with Crippen LogP contribution in [0.3, 0.4) is 0 Å². The minimum Gasteiger partial charge on any atom is -0.342 e. The normalized spacial score (nSPS) is 28.5. The Labute approximate surface area is 558 Å². The van der Waals surface area contributed by atoms with Crippen molar-refractivity contribution in [3.63, 3.8) is 0 Å². The largest absolute Gasteiger partial charge is 0.342 e. The van der Waals surface area contributed by atoms with Gasteiger partial charge in [0.2, 0.25) is 53.3 Å². The summed E-state index contributed by atoms with van der Waals surface area (Å²) in [6, 6.07) is 17.5. The molecule has 0 radical (unpaired) electrons. The summed E-state index contributed by atoms with van der Waals surface area (Å²) in [4.78, 5) is 91.1. The highest BCUT2D eigenvalue weighted by molar-refractivity contribution is 5.94. The van der Waals surface area contributed by atoms with Gasteiger partial charge < -0.3 is 14.7 Å². The molecule has 6 aromatic rings. The summed E-state index contributed by atoms with van der Waals surface area (Å²) in [5.74, 6) is -16.1. The van der Waals surface area contributed by atoms with Crippen LogP contribution < -0.4 is 16.0 Å². The van der Waals surface area contributed by atoms with Crippen LogP contribution in [-0.2, 0) is 28.8 Å². The third kappa shape index (κ3) is 12.7. The number of pyridine rings is 3. The zero-order valence-electron chi connectivity index (χ0n) is 54.2. The average Bonchev–Trinajstić information content (AvgIpc) is 1.01. The molecule has 3 aliphatic heterocycles. The molecule has 0 bridgehead atoms. The summed E-state index contributed by atoms with van der Waals surface area (Å²) >= 11 is 0. The molecule has 12 fully saturated rings. The Hall–Kier alpha value is -7.88. The molecule has 522 valence electrons. The van der Waals surface area contributed by atoms with Gasteiger partial charge in [0.25, 0.3) is 23.7 Å². The number of alkyl halides is 8. The third-order valence-corrected chi connectivity index (χ3v) is 23.9. The first-order valence-corrected chi connectivity index (χ1v) is 35.1. The molecule has 6 amide bonds. The Balaban J connectivity index is 0.000000115. The highest BCUT2D eigenvalue weighted by Crippen LogP contribution is 2.57. The first-order chi connectivity index (χ1) is 46.7. The summed E-state index contributed by atoms with van der Waals surface area (Å²) in [5, 5.41) is 21.5. The SMILES string of the molecule is O=C(Nc1nc2cccc(C3CCC4(CC3)CCN(C(=O)[C@@H]3CC3(F)F)C4)n2n1)C1CC1.O=C(Nc1nc2cccc(C3CCC4(CC3)CCN(C(=O)[C@@H]3CC3(F)F)CC4)n2n1)C1CC1.O=C(Nc1nc2cccc(C3CCC4(CC3)CN(C(=O)[C@@H]3CC3(F)F)C4)n2n1)[C@@H]1CC1(F)F. The van der Waals surface area contributed by atoms with E-state index in [1.165, 1.54) is 0 Å². The first-order valence-electron chi connectivity index (χ1n) is 35.1. The van der Waals surface area contributed by atoms with E-state index < -0.39 is 65.6 Å². The van der Waals surface area contributed by atoms with Gasteiger partial charge in [-0.15, -0.1) is 15.3 Å². The van der Waals surface area contributed by atoms with E-state index in [2.05, 4.69) is 58.3 Å². The van der Waals surface area contributed by atoms with Gasteiger partial charge in [0.15, 0.2) is 16.9 Å². The molecule has 3 spiro atoms. The molecule has 4 atom stereocenters. The predicted molar refractivity (Wildman–Crippen MR) is 337 cm³/mol. The van der Waals surface area contributed by atoms with E-state index in [-0.39, 0.29) is 82.8 Å². The van der Waals surface area contributed by atoms with Crippen LogP contribution in [0.2, 0.25) is 0 Å². The van der Waals surface area contributed by atoms with Crippen LogP contribution in [0.1, 0.15) is 183 Å². The zero-order chi connectivity index (χ0) is 68.1. The van der Waals surface area contributed by atoms with Gasteiger partial charge in [-0.3, -0.25) is 44.7 Å². The molecule has 0 unspecified atom stereocenters. The lowest BCUT2D eigenvalue weighted by molar-refractivity contribution is -0.149. The van der Waals surface area contributed by atoms with Crippen molar-refractivity contribution >= 4 is 70.2 Å². The van der Waals surface area contributed by atoms with Gasteiger partial charge in [0.05, 0.1) is 0 Å². The highest BCUT2D eigenvalue weighted by Gasteiger charge is 2.66. The molecule has 21 nitrogen and oxygen atoms in total. The summed E-state index contributed by atoms with van der Waals surface area (Å²) in [6.45, 7) is 3.48. The van der Waals surface area contributed by atoms with E-state index in [4.69, 9.17) is 0 Å². The lowest BCUT2D eigenvalue weighted by atomic mass is 9.65. The summed E-state index contributed by atoms with van der Waals surface area (Å²) < 4.78 is 111. The Kier molecular flexibility index (Phi) is 15.6. The van der Waals surface area contributed by atoms with E-state index in [9.17, 15) is 63.9 Å². The first kappa shape index (κ1) is 64.8. The minimum atomic E-state index is -2.95. The number of anilines is 3. The fraction of sp³-hybridized carbons (Fsp3) is 0.652. The molecule has 0 aromatic carbocycles. The number of aromatic nitrogens is 9. The molecule has 9 aliphatic carbocycles. The maximum atomic E-state index is 13.3. The van der Waals surface area contributed by atoms with Gasteiger partial charge in [-0.25, -0.2) is 48.7 Å². The van der Waals surface area contributed by atoms with Crippen molar-refractivity contribution < 1.29 is 63.9 Å². The molecule has 9 heterocycles. The Morgan fingerprint density at radius 3 is 1.03 bits per heavy atom. The number of rotatable bonds is 12. The fourth-order valence-electron chi connectivity index (χ4n) is 16.8. The van der Waals surface area contributed by atoms with Crippen LogP contribution in [0.5, 0.6) is 0 Å². The smallest absolute Gasteiger partial charge is 0.260 e. The molecule has 98 heavy (non-hydrogen) atoms. The number of carbonyl (C=O) groups is 6. The number of piperidine rings is 1. The predicted octanol–water partition coefficient (Wildman–Crippen LogP) is 11.1. The summed E-state index contributed by atoms with van der Waals surface area (Å²) in [7, 11) is 0. The number of amides is 6. The maximum Gasteiger partial charge on any atom is 0.260 e. The Bertz CT molecular complexity index is 4160. The Morgan fingerprint density at radius 2 is 0.663 bits per heavy atom. The number of carbonyl (C=O) groups excluding carboxylic acids is 6. The van der Waals surface area contributed by atoms with Crippen LogP contribution in [-0.4, -0.2) is 157 Å². The monoisotopic (exact) mass is 1370 g/mol. The standard InChI is InChI=1S/C24H29F2N5O2.C23H27F2N5O2.C22H23F4N5O2/c25-24(26)14-17(24)21(33)30-12-10-23(11-13-30)8-6-15(7-9-23)18-2-1-3-19-27-22(29-31(18)19)28-20(32)16-4-5-16;24-23(25)12-16(23)20(32)29-11-10-22(13-29)8-6-14(7-9-22)17-2-1-3-18-26-21(28-30(17)18)27-19(31)15-4-5-15;23-21(24)8-13(21)17(32)28-19-27-16-3-1-2-15(31(16)29-19)12-4-6-20(7-5-12)10-30(11-20)18(33)14-9-22(14,25)26/h1-3,15-17H,4-14H2,(H,28,29,32);1-3,14-16H,4-13H2,(H,27,28,31);1-3,12-14H,4-11H2,(H,28,29,32)/t17-;14?,16-,22?;13-,14-/m000/s1. The summed E-state index contributed by atoms with van der Waals surface area (Å²) in [6.07, 6.45) is 16.6. The second-order valence-electron chi connectivity index (χ2n) is 30.9. The van der Waals surface area contributed by atoms with E-state index in [0.29, 0.717) is 68.6 Å². The van der Waals surface area contributed by atoms with Crippen molar-refractivity contribution in [2.24, 2.45) is 51.8 Å². The molecule has 18 rings (SSSR count). The van der Waals surface area contributed by atoms with Crippen LogP contribution >= 0.6 is 0 Å². The number of fused-ring (bicyclic) bond motifs is 3. The fourth-order valence-corrected chi connectivity index (χ4v) is 16.8. The lowest BCUT2D eigenvalue weighted by Gasteiger charge is -2.53. The number of nitrogens with zero attached hydrogens (tertiary/aromatic N) is 12. The van der Waals surface area contributed by atoms with Gasteiger partial charge in [-0.05, 0) is 169 Å². The van der Waals surface area contributed by atoms with E-state index in [1.807, 2.05) is 45.4 Å². The molecular weight excluding hydrogens is 1290 g/mol. The second kappa shape index (κ2) is 23.6. The number of hydrogen-bond donors (Lipinski definition) is 3. The van der Waals surface area contributed by atoms with Gasteiger partial charge in [0.1, 0.15) is 23.7 Å². The third-order valence-electron chi connectivity index (χ3n) is 23.9. The minimum absolute atomic E-state index is 0.00122. The van der Waals surface area contributed by atoms with Crippen LogP contribution in [0.4, 0.5) is 53.0 Å². The topological polar surface area (TPSA) is 239 Å². The van der Waals surface area contributed by atoms with Gasteiger partial charge in [-0.1, -0.05) is 18.2 Å². The van der Waals surface area contributed by atoms with Crippen LogP contribution in [0.15, 0.2) is 54.6 Å². The molecule has 3 saturated heterocycles. The Morgan fingerprint density at radius 1 is 0.357 bits per heavy atom. The number of likely N-dealkylation sites (tertiary alicyclic amines) is 3. The average molecular weight is 1370 g/mol. The molecular formula is C69H79F8N15O6. The number of halogens is 8. The van der Waals surface area contributed by atoms with Gasteiger partial charge in [-0.2, -0.15) is 15.0 Å². The molecule has 12 aliphatic rings. The van der Waals surface area contributed by atoms with Crippen LogP contribution in [0.25, 0.3) is 16.9 Å². The second-order valence-corrected chi connectivity index (χ2v) is 30.9. The quantitative estimate of drug-likeness (QED) is 0.0970. The highest BCUT2D eigenvalue weighted by atomic mass is 19.3. The van der Waals surface area contributed by atoms with Crippen molar-refractivity contribution in [2.75, 3.05) is 55.2 Å².